The average Bonchev–Trinajstić information content (AvgIpc) is 2.28. The Morgan fingerprint density at radius 1 is 1.32 bits per heavy atom. The molecular weight excluding hydrogens is 288 g/mol. The molecule has 0 aromatic carbocycles. The fourth-order valence-electron chi connectivity index (χ4n) is 1.73. The number of halogens is 1. The summed E-state index contributed by atoms with van der Waals surface area (Å²) < 4.78 is 26.6. The van der Waals surface area contributed by atoms with Crippen LogP contribution in [0.5, 0.6) is 0 Å². The first kappa shape index (κ1) is 16.3. The molecule has 0 saturated carbocycles. The van der Waals surface area contributed by atoms with Gasteiger partial charge in [-0.15, -0.1) is 0 Å². The average molecular weight is 307 g/mol. The molecule has 0 radical (unpaired) electrons. The fraction of sp³-hybridized carbons (Fsp3) is 0.636. The molecule has 8 heteroatoms. The second kappa shape index (κ2) is 6.60. The number of aromatic nitrogens is 2. The van der Waals surface area contributed by atoms with Crippen LogP contribution < -0.4 is 4.72 Å². The van der Waals surface area contributed by atoms with Crippen molar-refractivity contribution in [1.29, 1.82) is 0 Å². The van der Waals surface area contributed by atoms with Crippen LogP contribution in [0.25, 0.3) is 0 Å². The van der Waals surface area contributed by atoms with Gasteiger partial charge in [-0.3, -0.25) is 0 Å². The zero-order chi connectivity index (χ0) is 14.6. The minimum atomic E-state index is -3.60. The molecule has 0 fully saturated rings. The number of hydrogen-bond acceptors (Lipinski definition) is 5. The van der Waals surface area contributed by atoms with Gasteiger partial charge in [-0.25, -0.2) is 23.1 Å². The zero-order valence-electron chi connectivity index (χ0n) is 11.5. The van der Waals surface area contributed by atoms with Crippen LogP contribution in [0.4, 0.5) is 0 Å². The van der Waals surface area contributed by atoms with Crippen molar-refractivity contribution in [2.75, 3.05) is 20.6 Å². The predicted molar refractivity (Wildman–Crippen MR) is 74.5 cm³/mol. The normalized spacial score (nSPS) is 14.1. The van der Waals surface area contributed by atoms with Gasteiger partial charge in [0.2, 0.25) is 15.3 Å². The standard InChI is InChI=1S/C11H19ClN4O2S/c1-8(2)10(16(3)4)7-15-19(17,18)9-5-13-11(12)14-6-9/h5-6,8,10,15H,7H2,1-4H3. The molecule has 1 rings (SSSR count). The molecule has 1 aromatic rings. The number of rotatable bonds is 6. The van der Waals surface area contributed by atoms with Crippen LogP contribution in [-0.4, -0.2) is 50.0 Å². The number of likely N-dealkylation sites (N-methyl/N-ethyl adjacent to an activating group) is 1. The number of sulfonamides is 1. The van der Waals surface area contributed by atoms with Crippen LogP contribution in [0, 0.1) is 5.92 Å². The van der Waals surface area contributed by atoms with E-state index >= 15 is 0 Å². The van der Waals surface area contributed by atoms with E-state index in [2.05, 4.69) is 14.7 Å². The molecule has 1 heterocycles. The maximum absolute atomic E-state index is 12.0. The Morgan fingerprint density at radius 3 is 2.26 bits per heavy atom. The molecule has 6 nitrogen and oxygen atoms in total. The van der Waals surface area contributed by atoms with Gasteiger partial charge in [0.15, 0.2) is 0 Å². The van der Waals surface area contributed by atoms with Crippen molar-refractivity contribution >= 4 is 21.6 Å². The highest BCUT2D eigenvalue weighted by molar-refractivity contribution is 7.89. The Balaban J connectivity index is 2.78. The van der Waals surface area contributed by atoms with E-state index in [1.165, 1.54) is 12.4 Å². The SMILES string of the molecule is CC(C)C(CNS(=O)(=O)c1cnc(Cl)nc1)N(C)C. The van der Waals surface area contributed by atoms with E-state index in [4.69, 9.17) is 11.6 Å². The Bertz CT molecular complexity index is 494. The maximum atomic E-state index is 12.0. The number of hydrogen-bond donors (Lipinski definition) is 1. The molecule has 0 aliphatic carbocycles. The molecule has 1 N–H and O–H groups in total. The topological polar surface area (TPSA) is 75.2 Å². The lowest BCUT2D eigenvalue weighted by atomic mass is 10.0. The van der Waals surface area contributed by atoms with Crippen molar-refractivity contribution in [3.8, 4) is 0 Å². The molecule has 0 bridgehead atoms. The third kappa shape index (κ3) is 4.68. The van der Waals surface area contributed by atoms with Gasteiger partial charge in [0.25, 0.3) is 0 Å². The Hall–Kier alpha value is -0.760. The summed E-state index contributed by atoms with van der Waals surface area (Å²) in [5.41, 5.74) is 0. The second-order valence-electron chi connectivity index (χ2n) is 4.81. The third-order valence-electron chi connectivity index (χ3n) is 2.82. The van der Waals surface area contributed by atoms with E-state index in [1.807, 2.05) is 32.8 Å². The van der Waals surface area contributed by atoms with Crippen molar-refractivity contribution in [3.63, 3.8) is 0 Å². The minimum absolute atomic E-state index is 0.0122. The summed E-state index contributed by atoms with van der Waals surface area (Å²) in [5, 5.41) is 0.0206. The van der Waals surface area contributed by atoms with Gasteiger partial charge < -0.3 is 4.90 Å². The second-order valence-corrected chi connectivity index (χ2v) is 6.92. The highest BCUT2D eigenvalue weighted by atomic mass is 35.5. The lowest BCUT2D eigenvalue weighted by Crippen LogP contribution is -2.43. The Kier molecular flexibility index (Phi) is 5.66. The van der Waals surface area contributed by atoms with E-state index in [-0.39, 0.29) is 16.2 Å². The highest BCUT2D eigenvalue weighted by Gasteiger charge is 2.21. The Labute approximate surface area is 119 Å². The van der Waals surface area contributed by atoms with Crippen LogP contribution in [0.3, 0.4) is 0 Å². The highest BCUT2D eigenvalue weighted by Crippen LogP contribution is 2.10. The predicted octanol–water partition coefficient (Wildman–Crippen LogP) is 0.994. The molecule has 108 valence electrons. The maximum Gasteiger partial charge on any atom is 0.243 e. The van der Waals surface area contributed by atoms with Crippen LogP contribution in [0.15, 0.2) is 17.3 Å². The summed E-state index contributed by atoms with van der Waals surface area (Å²) in [5.74, 6) is 0.333. The van der Waals surface area contributed by atoms with Crippen LogP contribution in [-0.2, 0) is 10.0 Å². The number of nitrogens with one attached hydrogen (secondary N) is 1. The molecular formula is C11H19ClN4O2S. The summed E-state index contributed by atoms with van der Waals surface area (Å²) in [6.45, 7) is 4.42. The van der Waals surface area contributed by atoms with Crippen molar-refractivity contribution < 1.29 is 8.42 Å². The Morgan fingerprint density at radius 2 is 1.84 bits per heavy atom. The van der Waals surface area contributed by atoms with E-state index < -0.39 is 10.0 Å². The molecule has 0 amide bonds. The third-order valence-corrected chi connectivity index (χ3v) is 4.40. The molecule has 1 unspecified atom stereocenters. The molecule has 0 spiro atoms. The summed E-state index contributed by atoms with van der Waals surface area (Å²) in [6, 6.07) is 0.114. The molecule has 1 atom stereocenters. The summed E-state index contributed by atoms with van der Waals surface area (Å²) in [6.07, 6.45) is 2.38. The van der Waals surface area contributed by atoms with Gasteiger partial charge in [-0.2, -0.15) is 0 Å². The summed E-state index contributed by atoms with van der Waals surface area (Å²) in [7, 11) is 0.243. The minimum Gasteiger partial charge on any atom is -0.305 e. The van der Waals surface area contributed by atoms with E-state index in [0.717, 1.165) is 0 Å². The molecule has 0 aliphatic rings. The summed E-state index contributed by atoms with van der Waals surface area (Å²) in [4.78, 5) is 9.34. The lowest BCUT2D eigenvalue weighted by molar-refractivity contribution is 0.233. The fourth-order valence-corrected chi connectivity index (χ4v) is 2.77. The first-order valence-corrected chi connectivity index (χ1v) is 7.74. The monoisotopic (exact) mass is 306 g/mol. The first-order chi connectivity index (χ1) is 8.74. The quantitative estimate of drug-likeness (QED) is 0.793. The van der Waals surface area contributed by atoms with Gasteiger partial charge in [0.05, 0.1) is 12.4 Å². The van der Waals surface area contributed by atoms with Gasteiger partial charge in [0, 0.05) is 12.6 Å². The van der Waals surface area contributed by atoms with Crippen molar-refractivity contribution in [2.45, 2.75) is 24.8 Å². The molecule has 0 aliphatic heterocycles. The lowest BCUT2D eigenvalue weighted by Gasteiger charge is -2.27. The van der Waals surface area contributed by atoms with Crippen LogP contribution >= 0.6 is 11.6 Å². The van der Waals surface area contributed by atoms with Gasteiger partial charge in [0.1, 0.15) is 4.90 Å². The van der Waals surface area contributed by atoms with Crippen LogP contribution in [0.2, 0.25) is 5.28 Å². The van der Waals surface area contributed by atoms with E-state index in [9.17, 15) is 8.42 Å². The van der Waals surface area contributed by atoms with Gasteiger partial charge >= 0.3 is 0 Å². The van der Waals surface area contributed by atoms with Gasteiger partial charge in [-0.1, -0.05) is 13.8 Å². The zero-order valence-corrected chi connectivity index (χ0v) is 13.0. The molecule has 0 saturated heterocycles. The van der Waals surface area contributed by atoms with Crippen LogP contribution in [0.1, 0.15) is 13.8 Å². The van der Waals surface area contributed by atoms with Crippen molar-refractivity contribution in [3.05, 3.63) is 17.7 Å². The number of nitrogens with zero attached hydrogens (tertiary/aromatic N) is 3. The van der Waals surface area contributed by atoms with Crippen molar-refractivity contribution in [2.24, 2.45) is 5.92 Å². The van der Waals surface area contributed by atoms with E-state index in [0.29, 0.717) is 12.5 Å². The van der Waals surface area contributed by atoms with E-state index in [1.54, 1.807) is 0 Å². The largest absolute Gasteiger partial charge is 0.305 e. The van der Waals surface area contributed by atoms with Crippen molar-refractivity contribution in [1.82, 2.24) is 19.6 Å². The summed E-state index contributed by atoms with van der Waals surface area (Å²) >= 11 is 5.53. The molecule has 1 aromatic heterocycles. The first-order valence-electron chi connectivity index (χ1n) is 5.87. The smallest absolute Gasteiger partial charge is 0.243 e. The van der Waals surface area contributed by atoms with Gasteiger partial charge in [-0.05, 0) is 31.6 Å². The molecule has 19 heavy (non-hydrogen) atoms.